The van der Waals surface area contributed by atoms with Crippen LogP contribution in [-0.4, -0.2) is 21.8 Å². The Labute approximate surface area is 170 Å². The number of carbonyl (C=O) groups excluding carboxylic acids is 1. The predicted molar refractivity (Wildman–Crippen MR) is 116 cm³/mol. The fraction of sp³-hybridized carbons (Fsp3) is 0.120. The maximum atomic E-state index is 12.4. The summed E-state index contributed by atoms with van der Waals surface area (Å²) in [4.78, 5) is 19.3. The molecule has 3 aromatic carbocycles. The van der Waals surface area contributed by atoms with Crippen LogP contribution < -0.4 is 5.73 Å². The Balaban J connectivity index is 1.40. The lowest BCUT2D eigenvalue weighted by Crippen LogP contribution is -2.34. The van der Waals surface area contributed by atoms with Crippen LogP contribution in [-0.2, 0) is 17.6 Å². The van der Waals surface area contributed by atoms with Crippen molar-refractivity contribution >= 4 is 5.78 Å². The molecule has 4 heteroatoms. The molecule has 0 spiro atoms. The number of rotatable bonds is 7. The molecule has 0 saturated heterocycles. The number of aromatic amines is 1. The summed E-state index contributed by atoms with van der Waals surface area (Å²) in [6, 6.07) is 26.4. The van der Waals surface area contributed by atoms with Gasteiger partial charge in [-0.25, -0.2) is 4.98 Å². The molecule has 4 rings (SSSR count). The van der Waals surface area contributed by atoms with Crippen molar-refractivity contribution in [2.75, 3.05) is 0 Å². The number of benzene rings is 3. The van der Waals surface area contributed by atoms with E-state index < -0.39 is 6.04 Å². The van der Waals surface area contributed by atoms with Crippen LogP contribution in [0.1, 0.15) is 11.3 Å². The first-order valence-electron chi connectivity index (χ1n) is 9.69. The van der Waals surface area contributed by atoms with Crippen molar-refractivity contribution in [2.45, 2.75) is 18.9 Å². The molecule has 0 bridgehead atoms. The number of carbonyl (C=O) groups is 1. The molecule has 1 atom stereocenters. The molecule has 29 heavy (non-hydrogen) atoms. The average Bonchev–Trinajstić information content (AvgIpc) is 3.28. The van der Waals surface area contributed by atoms with Gasteiger partial charge in [0.2, 0.25) is 0 Å². The molecular weight excluding hydrogens is 358 g/mol. The third-order valence-electron chi connectivity index (χ3n) is 5.07. The first kappa shape index (κ1) is 18.8. The molecule has 4 nitrogen and oxygen atoms in total. The second-order valence-electron chi connectivity index (χ2n) is 7.17. The molecular formula is C25H23N3O. The molecule has 0 aliphatic heterocycles. The van der Waals surface area contributed by atoms with E-state index in [1.165, 1.54) is 11.1 Å². The number of nitrogens with two attached hydrogens (primary N) is 1. The Morgan fingerprint density at radius 3 is 1.93 bits per heavy atom. The summed E-state index contributed by atoms with van der Waals surface area (Å²) in [5, 5.41) is 0. The third kappa shape index (κ3) is 4.68. The molecule has 0 aliphatic rings. The van der Waals surface area contributed by atoms with Crippen LogP contribution in [0.5, 0.6) is 0 Å². The zero-order chi connectivity index (χ0) is 20.1. The number of H-pyrrole nitrogens is 1. The number of ketones is 1. The van der Waals surface area contributed by atoms with E-state index >= 15 is 0 Å². The summed E-state index contributed by atoms with van der Waals surface area (Å²) in [7, 11) is 0. The van der Waals surface area contributed by atoms with Gasteiger partial charge in [0.15, 0.2) is 5.78 Å². The molecule has 0 saturated carbocycles. The second-order valence-corrected chi connectivity index (χ2v) is 7.17. The highest BCUT2D eigenvalue weighted by atomic mass is 16.1. The molecule has 0 aliphatic carbocycles. The summed E-state index contributed by atoms with van der Waals surface area (Å²) in [6.45, 7) is 0. The van der Waals surface area contributed by atoms with Gasteiger partial charge in [0.25, 0.3) is 0 Å². The van der Waals surface area contributed by atoms with Crippen molar-refractivity contribution in [3.63, 3.8) is 0 Å². The second kappa shape index (κ2) is 8.67. The van der Waals surface area contributed by atoms with E-state index in [0.29, 0.717) is 12.8 Å². The van der Waals surface area contributed by atoms with Crippen molar-refractivity contribution in [3.8, 4) is 22.3 Å². The number of hydrogen-bond acceptors (Lipinski definition) is 3. The summed E-state index contributed by atoms with van der Waals surface area (Å²) >= 11 is 0. The Kier molecular flexibility index (Phi) is 5.63. The van der Waals surface area contributed by atoms with Gasteiger partial charge in [-0.3, -0.25) is 4.79 Å². The number of aromatic nitrogens is 2. The topological polar surface area (TPSA) is 71.8 Å². The Bertz CT molecular complexity index is 1050. The smallest absolute Gasteiger partial charge is 0.154 e. The quantitative estimate of drug-likeness (QED) is 0.498. The Morgan fingerprint density at radius 2 is 1.38 bits per heavy atom. The third-order valence-corrected chi connectivity index (χ3v) is 5.07. The predicted octanol–water partition coefficient (Wildman–Crippen LogP) is 4.43. The van der Waals surface area contributed by atoms with Crippen LogP contribution in [0.25, 0.3) is 22.3 Å². The molecule has 0 amide bonds. The standard InChI is InChI=1S/C25H23N3O/c26-24(15-23-16-27-17-28-23)25(29)14-18-6-8-20(9-7-18)22-12-10-21(11-13-22)19-4-2-1-3-5-19/h1-13,16-17,24H,14-15,26H2,(H,27,28). The Morgan fingerprint density at radius 1 is 0.828 bits per heavy atom. The maximum absolute atomic E-state index is 12.4. The summed E-state index contributed by atoms with van der Waals surface area (Å²) in [5.41, 5.74) is 12.6. The van der Waals surface area contributed by atoms with E-state index in [1.807, 2.05) is 30.3 Å². The lowest BCUT2D eigenvalue weighted by atomic mass is 9.97. The summed E-state index contributed by atoms with van der Waals surface area (Å²) in [5.74, 6) is 0.0274. The minimum Gasteiger partial charge on any atom is -0.348 e. The summed E-state index contributed by atoms with van der Waals surface area (Å²) < 4.78 is 0. The summed E-state index contributed by atoms with van der Waals surface area (Å²) in [6.07, 6.45) is 4.11. The zero-order valence-corrected chi connectivity index (χ0v) is 16.1. The number of nitrogens with one attached hydrogen (secondary N) is 1. The molecule has 0 radical (unpaired) electrons. The first-order chi connectivity index (χ1) is 14.2. The van der Waals surface area contributed by atoms with Crippen LogP contribution >= 0.6 is 0 Å². The number of hydrogen-bond donors (Lipinski definition) is 2. The lowest BCUT2D eigenvalue weighted by molar-refractivity contribution is -0.119. The normalized spacial score (nSPS) is 11.9. The van der Waals surface area contributed by atoms with E-state index in [1.54, 1.807) is 12.5 Å². The minimum atomic E-state index is -0.527. The van der Waals surface area contributed by atoms with Crippen LogP contribution in [0.4, 0.5) is 0 Å². The fourth-order valence-electron chi connectivity index (χ4n) is 3.38. The van der Waals surface area contributed by atoms with E-state index in [2.05, 4.69) is 58.5 Å². The highest BCUT2D eigenvalue weighted by Crippen LogP contribution is 2.25. The van der Waals surface area contributed by atoms with Crippen LogP contribution in [0, 0.1) is 0 Å². The largest absolute Gasteiger partial charge is 0.348 e. The zero-order valence-electron chi connectivity index (χ0n) is 16.1. The minimum absolute atomic E-state index is 0.0274. The van der Waals surface area contributed by atoms with Crippen molar-refractivity contribution in [1.29, 1.82) is 0 Å². The maximum Gasteiger partial charge on any atom is 0.154 e. The monoisotopic (exact) mass is 381 g/mol. The Hall–Kier alpha value is -3.50. The molecule has 144 valence electrons. The van der Waals surface area contributed by atoms with E-state index in [-0.39, 0.29) is 5.78 Å². The highest BCUT2D eigenvalue weighted by molar-refractivity contribution is 5.86. The van der Waals surface area contributed by atoms with Gasteiger partial charge in [-0.2, -0.15) is 0 Å². The van der Waals surface area contributed by atoms with Gasteiger partial charge in [-0.15, -0.1) is 0 Å². The molecule has 4 aromatic rings. The van der Waals surface area contributed by atoms with Gasteiger partial charge in [-0.1, -0.05) is 78.9 Å². The van der Waals surface area contributed by atoms with E-state index in [0.717, 1.165) is 22.4 Å². The molecule has 0 fully saturated rings. The average molecular weight is 381 g/mol. The SMILES string of the molecule is NC(Cc1cnc[nH]1)C(=O)Cc1ccc(-c2ccc(-c3ccccc3)cc2)cc1. The van der Waals surface area contributed by atoms with Gasteiger partial charge in [0.1, 0.15) is 0 Å². The van der Waals surface area contributed by atoms with Crippen molar-refractivity contribution in [2.24, 2.45) is 5.73 Å². The van der Waals surface area contributed by atoms with E-state index in [9.17, 15) is 4.79 Å². The van der Waals surface area contributed by atoms with E-state index in [4.69, 9.17) is 5.73 Å². The lowest BCUT2D eigenvalue weighted by Gasteiger charge is -2.10. The highest BCUT2D eigenvalue weighted by Gasteiger charge is 2.15. The molecule has 1 aromatic heterocycles. The van der Waals surface area contributed by atoms with Crippen molar-refractivity contribution < 1.29 is 4.79 Å². The van der Waals surface area contributed by atoms with Crippen LogP contribution in [0.15, 0.2) is 91.4 Å². The number of nitrogens with zero attached hydrogens (tertiary/aromatic N) is 1. The first-order valence-corrected chi connectivity index (χ1v) is 9.69. The molecule has 1 unspecified atom stereocenters. The number of Topliss-reactive ketones (excluding diaryl/α,β-unsaturated/α-hetero) is 1. The van der Waals surface area contributed by atoms with Gasteiger partial charge in [0.05, 0.1) is 12.4 Å². The fourth-order valence-corrected chi connectivity index (χ4v) is 3.38. The van der Waals surface area contributed by atoms with Crippen molar-refractivity contribution in [1.82, 2.24) is 9.97 Å². The van der Waals surface area contributed by atoms with Gasteiger partial charge in [-0.05, 0) is 27.8 Å². The number of imidazole rings is 1. The van der Waals surface area contributed by atoms with Crippen molar-refractivity contribution in [3.05, 3.63) is 103 Å². The molecule has 3 N–H and O–H groups in total. The van der Waals surface area contributed by atoms with Gasteiger partial charge in [0, 0.05) is 24.7 Å². The van der Waals surface area contributed by atoms with Crippen LogP contribution in [0.2, 0.25) is 0 Å². The molecule has 1 heterocycles. The van der Waals surface area contributed by atoms with Crippen LogP contribution in [0.3, 0.4) is 0 Å². The van der Waals surface area contributed by atoms with Gasteiger partial charge >= 0.3 is 0 Å². The van der Waals surface area contributed by atoms with Gasteiger partial charge < -0.3 is 10.7 Å².